The number of carbonyl (C=O) groups excluding carboxylic acids is 2. The number of carbonyl (C=O) groups is 2. The molecule has 1 N–H and O–H groups in total. The minimum atomic E-state index is -0.295. The smallest absolute Gasteiger partial charge is 0.231 e. The minimum Gasteiger partial charge on any atom is -0.326 e. The van der Waals surface area contributed by atoms with Crippen LogP contribution in [0.5, 0.6) is 0 Å². The number of anilines is 1. The highest BCUT2D eigenvalue weighted by Gasteiger charge is 2.16. The molecule has 0 radical (unpaired) electrons. The Balaban J connectivity index is 1.70. The van der Waals surface area contributed by atoms with E-state index in [1.807, 2.05) is 66.9 Å². The number of para-hydroxylation sites is 1. The fourth-order valence-corrected chi connectivity index (χ4v) is 3.08. The van der Waals surface area contributed by atoms with Crippen molar-refractivity contribution in [3.63, 3.8) is 0 Å². The first-order valence-corrected chi connectivity index (χ1v) is 8.57. The second-order valence-corrected chi connectivity index (χ2v) is 6.45. The lowest BCUT2D eigenvalue weighted by Gasteiger charge is -2.13. The van der Waals surface area contributed by atoms with Crippen molar-refractivity contribution in [1.29, 1.82) is 0 Å². The van der Waals surface area contributed by atoms with Crippen LogP contribution in [-0.4, -0.2) is 11.7 Å². The van der Waals surface area contributed by atoms with E-state index in [9.17, 15) is 9.59 Å². The van der Waals surface area contributed by atoms with E-state index in [1.54, 1.807) is 12.1 Å². The number of amides is 1. The van der Waals surface area contributed by atoms with Gasteiger partial charge in [0.1, 0.15) is 0 Å². The lowest BCUT2D eigenvalue weighted by molar-refractivity contribution is -0.117. The molecule has 0 aliphatic heterocycles. The van der Waals surface area contributed by atoms with Gasteiger partial charge in [-0.25, -0.2) is 0 Å². The Kier molecular flexibility index (Phi) is 4.87. The summed E-state index contributed by atoms with van der Waals surface area (Å²) in [5.41, 5.74) is 2.29. The van der Waals surface area contributed by atoms with Gasteiger partial charge in [-0.05, 0) is 36.1 Å². The zero-order valence-corrected chi connectivity index (χ0v) is 14.0. The number of hydrogen-bond donors (Lipinski definition) is 1. The molecule has 1 heterocycles. The Morgan fingerprint density at radius 2 is 1.62 bits per heavy atom. The molecule has 1 aromatic heterocycles. The van der Waals surface area contributed by atoms with Crippen molar-refractivity contribution in [3.8, 4) is 0 Å². The van der Waals surface area contributed by atoms with Gasteiger partial charge >= 0.3 is 0 Å². The van der Waals surface area contributed by atoms with Crippen molar-refractivity contribution in [2.24, 2.45) is 0 Å². The van der Waals surface area contributed by atoms with Crippen molar-refractivity contribution in [3.05, 3.63) is 88.1 Å². The first kappa shape index (κ1) is 16.1. The monoisotopic (exact) mass is 335 g/mol. The molecule has 0 spiro atoms. The molecule has 0 saturated carbocycles. The van der Waals surface area contributed by atoms with Crippen LogP contribution in [0.25, 0.3) is 0 Å². The summed E-state index contributed by atoms with van der Waals surface area (Å²) in [6.07, 6.45) is 0. The van der Waals surface area contributed by atoms with Crippen LogP contribution in [0.4, 0.5) is 5.69 Å². The van der Waals surface area contributed by atoms with Gasteiger partial charge in [-0.1, -0.05) is 48.5 Å². The summed E-state index contributed by atoms with van der Waals surface area (Å²) in [6, 6.07) is 20.3. The summed E-state index contributed by atoms with van der Waals surface area (Å²) in [7, 11) is 0. The second-order valence-electron chi connectivity index (χ2n) is 5.51. The zero-order valence-electron chi connectivity index (χ0n) is 13.2. The zero-order chi connectivity index (χ0) is 16.9. The third-order valence-corrected chi connectivity index (χ3v) is 4.72. The van der Waals surface area contributed by atoms with Crippen molar-refractivity contribution >= 4 is 28.7 Å². The summed E-state index contributed by atoms with van der Waals surface area (Å²) < 4.78 is 0. The summed E-state index contributed by atoms with van der Waals surface area (Å²) >= 11 is 1.43. The van der Waals surface area contributed by atoms with Gasteiger partial charge in [0.05, 0.1) is 10.8 Å². The quantitative estimate of drug-likeness (QED) is 0.686. The van der Waals surface area contributed by atoms with Gasteiger partial charge in [0, 0.05) is 11.3 Å². The lowest BCUT2D eigenvalue weighted by atomic mass is 9.97. The maximum Gasteiger partial charge on any atom is 0.231 e. The van der Waals surface area contributed by atoms with Crippen molar-refractivity contribution in [2.45, 2.75) is 12.8 Å². The molecule has 0 fully saturated rings. The molecule has 3 nitrogen and oxygen atoms in total. The number of nitrogens with one attached hydrogen (secondary N) is 1. The first-order chi connectivity index (χ1) is 11.6. The van der Waals surface area contributed by atoms with E-state index in [0.29, 0.717) is 5.56 Å². The summed E-state index contributed by atoms with van der Waals surface area (Å²) in [6.45, 7) is 1.86. The standard InChI is InChI=1S/C20H17NO2S/c1-14(20(23)21-17-6-3-2-4-7-17)15-9-11-16(12-10-15)19(22)18-8-5-13-24-18/h2-14H,1H3,(H,21,23). The minimum absolute atomic E-state index is 0.0120. The molecule has 2 aromatic carbocycles. The Morgan fingerprint density at radius 3 is 2.25 bits per heavy atom. The highest BCUT2D eigenvalue weighted by atomic mass is 32.1. The first-order valence-electron chi connectivity index (χ1n) is 7.69. The summed E-state index contributed by atoms with van der Waals surface area (Å²) in [5.74, 6) is -0.354. The van der Waals surface area contributed by atoms with Crippen LogP contribution in [0, 0.1) is 0 Å². The number of ketones is 1. The molecule has 3 aromatic rings. The normalized spacial score (nSPS) is 11.7. The molecule has 0 saturated heterocycles. The van der Waals surface area contributed by atoms with Gasteiger partial charge in [-0.3, -0.25) is 9.59 Å². The molecular formula is C20H17NO2S. The highest BCUT2D eigenvalue weighted by molar-refractivity contribution is 7.12. The van der Waals surface area contributed by atoms with Gasteiger partial charge < -0.3 is 5.32 Å². The molecule has 0 bridgehead atoms. The number of thiophene rings is 1. The third-order valence-electron chi connectivity index (χ3n) is 3.85. The van der Waals surface area contributed by atoms with E-state index in [4.69, 9.17) is 0 Å². The molecular weight excluding hydrogens is 318 g/mol. The molecule has 24 heavy (non-hydrogen) atoms. The Labute approximate surface area is 145 Å². The average molecular weight is 335 g/mol. The summed E-state index contributed by atoms with van der Waals surface area (Å²) in [5, 5.41) is 4.78. The number of benzene rings is 2. The van der Waals surface area contributed by atoms with Crippen LogP contribution in [0.15, 0.2) is 72.1 Å². The Hall–Kier alpha value is -2.72. The fourth-order valence-electron chi connectivity index (χ4n) is 2.40. The molecule has 0 aliphatic carbocycles. The molecule has 3 rings (SSSR count). The van der Waals surface area contributed by atoms with Crippen LogP contribution >= 0.6 is 11.3 Å². The number of rotatable bonds is 5. The highest BCUT2D eigenvalue weighted by Crippen LogP contribution is 2.21. The predicted molar refractivity (Wildman–Crippen MR) is 97.7 cm³/mol. The molecule has 4 heteroatoms. The van der Waals surface area contributed by atoms with Gasteiger partial charge in [-0.2, -0.15) is 0 Å². The molecule has 0 aliphatic rings. The van der Waals surface area contributed by atoms with Crippen molar-refractivity contribution in [1.82, 2.24) is 0 Å². The van der Waals surface area contributed by atoms with Crippen molar-refractivity contribution in [2.75, 3.05) is 5.32 Å². The average Bonchev–Trinajstić information content (AvgIpc) is 3.16. The molecule has 1 unspecified atom stereocenters. The Bertz CT molecular complexity index is 824. The maximum atomic E-state index is 12.3. The van der Waals surface area contributed by atoms with E-state index in [1.165, 1.54) is 11.3 Å². The van der Waals surface area contributed by atoms with Crippen LogP contribution in [0.2, 0.25) is 0 Å². The van der Waals surface area contributed by atoms with E-state index in [0.717, 1.165) is 16.1 Å². The van der Waals surface area contributed by atoms with Crippen LogP contribution in [0.1, 0.15) is 33.6 Å². The molecule has 120 valence electrons. The SMILES string of the molecule is CC(C(=O)Nc1ccccc1)c1ccc(C(=O)c2cccs2)cc1. The van der Waals surface area contributed by atoms with Gasteiger partial charge in [0.25, 0.3) is 0 Å². The topological polar surface area (TPSA) is 46.2 Å². The van der Waals surface area contributed by atoms with E-state index in [2.05, 4.69) is 5.32 Å². The molecule has 1 amide bonds. The Morgan fingerprint density at radius 1 is 0.917 bits per heavy atom. The van der Waals surface area contributed by atoms with Gasteiger partial charge in [0.15, 0.2) is 0 Å². The largest absolute Gasteiger partial charge is 0.326 e. The predicted octanol–water partition coefficient (Wildman–Crippen LogP) is 4.72. The number of hydrogen-bond acceptors (Lipinski definition) is 3. The van der Waals surface area contributed by atoms with E-state index < -0.39 is 0 Å². The maximum absolute atomic E-state index is 12.3. The molecule has 1 atom stereocenters. The van der Waals surface area contributed by atoms with Crippen LogP contribution in [0.3, 0.4) is 0 Å². The van der Waals surface area contributed by atoms with E-state index >= 15 is 0 Å². The second kappa shape index (κ2) is 7.23. The van der Waals surface area contributed by atoms with E-state index in [-0.39, 0.29) is 17.6 Å². The lowest BCUT2D eigenvalue weighted by Crippen LogP contribution is -2.18. The third kappa shape index (κ3) is 3.60. The van der Waals surface area contributed by atoms with Crippen molar-refractivity contribution < 1.29 is 9.59 Å². The fraction of sp³-hybridized carbons (Fsp3) is 0.100. The van der Waals surface area contributed by atoms with Gasteiger partial charge in [-0.15, -0.1) is 11.3 Å². The van der Waals surface area contributed by atoms with Gasteiger partial charge in [0.2, 0.25) is 11.7 Å². The van der Waals surface area contributed by atoms with Crippen LogP contribution in [-0.2, 0) is 4.79 Å². The van der Waals surface area contributed by atoms with Crippen LogP contribution < -0.4 is 5.32 Å². The summed E-state index contributed by atoms with van der Waals surface area (Å²) in [4.78, 5) is 25.4.